The normalized spacial score (nSPS) is 10.5. The zero-order valence-electron chi connectivity index (χ0n) is 18.4. The van der Waals surface area contributed by atoms with Crippen LogP contribution in [0.15, 0.2) is 71.8 Å². The monoisotopic (exact) mass is 463 g/mol. The fraction of sp³-hybridized carbons (Fsp3) is 0.125. The summed E-state index contributed by atoms with van der Waals surface area (Å²) in [7, 11) is 2.90. The third-order valence-electron chi connectivity index (χ3n) is 4.63. The van der Waals surface area contributed by atoms with Crippen molar-refractivity contribution >= 4 is 23.8 Å². The Morgan fingerprint density at radius 1 is 0.971 bits per heavy atom. The molecule has 0 unspecified atom stereocenters. The number of rotatable bonds is 9. The SMILES string of the molecule is COc1cc(C=NNC(=O)Cc2ccc([N+](=O)[O-])cc2)ccc1OC(=O)c1ccccc1OC. The lowest BCUT2D eigenvalue weighted by Crippen LogP contribution is -2.19. The summed E-state index contributed by atoms with van der Waals surface area (Å²) in [5.74, 6) is -0.100. The van der Waals surface area contributed by atoms with Gasteiger partial charge in [-0.15, -0.1) is 0 Å². The van der Waals surface area contributed by atoms with E-state index in [4.69, 9.17) is 14.2 Å². The number of nitro groups is 1. The van der Waals surface area contributed by atoms with E-state index in [1.165, 1.54) is 44.7 Å². The smallest absolute Gasteiger partial charge is 0.347 e. The molecule has 0 fully saturated rings. The minimum Gasteiger partial charge on any atom is -0.496 e. The molecule has 0 heterocycles. The van der Waals surface area contributed by atoms with E-state index in [1.54, 1.807) is 42.5 Å². The highest BCUT2D eigenvalue weighted by Gasteiger charge is 2.16. The number of non-ortho nitro benzene ring substituents is 1. The molecule has 0 aliphatic heterocycles. The van der Waals surface area contributed by atoms with Crippen molar-refractivity contribution in [3.8, 4) is 17.2 Å². The second-order valence-electron chi connectivity index (χ2n) is 6.89. The fourth-order valence-corrected chi connectivity index (χ4v) is 2.96. The van der Waals surface area contributed by atoms with Crippen LogP contribution in [0, 0.1) is 10.1 Å². The van der Waals surface area contributed by atoms with Crippen LogP contribution in [0.4, 0.5) is 5.69 Å². The molecule has 34 heavy (non-hydrogen) atoms. The van der Waals surface area contributed by atoms with Gasteiger partial charge in [-0.2, -0.15) is 5.10 Å². The van der Waals surface area contributed by atoms with Crippen molar-refractivity contribution in [3.63, 3.8) is 0 Å². The maximum atomic E-state index is 12.5. The maximum Gasteiger partial charge on any atom is 0.347 e. The molecule has 1 amide bonds. The van der Waals surface area contributed by atoms with Crippen molar-refractivity contribution in [2.75, 3.05) is 14.2 Å². The van der Waals surface area contributed by atoms with Crippen LogP contribution in [0.1, 0.15) is 21.5 Å². The van der Waals surface area contributed by atoms with E-state index >= 15 is 0 Å². The van der Waals surface area contributed by atoms with Gasteiger partial charge in [0.05, 0.1) is 31.8 Å². The van der Waals surface area contributed by atoms with Crippen molar-refractivity contribution in [1.82, 2.24) is 5.43 Å². The molecule has 3 rings (SSSR count). The predicted molar refractivity (Wildman–Crippen MR) is 123 cm³/mol. The number of esters is 1. The second-order valence-corrected chi connectivity index (χ2v) is 6.89. The topological polar surface area (TPSA) is 129 Å². The van der Waals surface area contributed by atoms with E-state index in [2.05, 4.69) is 10.5 Å². The Morgan fingerprint density at radius 2 is 1.68 bits per heavy atom. The first-order valence-electron chi connectivity index (χ1n) is 9.99. The van der Waals surface area contributed by atoms with Gasteiger partial charge < -0.3 is 14.2 Å². The molecule has 0 bridgehead atoms. The van der Waals surface area contributed by atoms with E-state index in [-0.39, 0.29) is 29.3 Å². The lowest BCUT2D eigenvalue weighted by Gasteiger charge is -2.11. The molecule has 3 aromatic carbocycles. The van der Waals surface area contributed by atoms with Crippen molar-refractivity contribution in [2.45, 2.75) is 6.42 Å². The second kappa shape index (κ2) is 11.2. The van der Waals surface area contributed by atoms with Gasteiger partial charge in [0.2, 0.25) is 5.91 Å². The van der Waals surface area contributed by atoms with Gasteiger partial charge in [0.1, 0.15) is 11.3 Å². The minimum atomic E-state index is -0.601. The summed E-state index contributed by atoms with van der Waals surface area (Å²) in [5, 5.41) is 14.6. The first-order valence-corrected chi connectivity index (χ1v) is 9.99. The van der Waals surface area contributed by atoms with Gasteiger partial charge in [-0.05, 0) is 41.5 Å². The van der Waals surface area contributed by atoms with Crippen LogP contribution in [-0.2, 0) is 11.2 Å². The summed E-state index contributed by atoms with van der Waals surface area (Å²) in [6.07, 6.45) is 1.42. The number of para-hydroxylation sites is 1. The van der Waals surface area contributed by atoms with Crippen LogP contribution in [-0.4, -0.2) is 37.2 Å². The Labute approximate surface area is 194 Å². The molecule has 10 nitrogen and oxygen atoms in total. The first kappa shape index (κ1) is 23.9. The Bertz CT molecular complexity index is 1220. The van der Waals surface area contributed by atoms with E-state index in [0.717, 1.165) is 0 Å². The van der Waals surface area contributed by atoms with Crippen molar-refractivity contribution in [3.05, 3.63) is 93.5 Å². The van der Waals surface area contributed by atoms with Gasteiger partial charge in [0.15, 0.2) is 11.5 Å². The number of methoxy groups -OCH3 is 2. The predicted octanol–water partition coefficient (Wildman–Crippen LogP) is 3.52. The first-order chi connectivity index (χ1) is 16.4. The summed E-state index contributed by atoms with van der Waals surface area (Å²) in [6.45, 7) is 0. The molecular weight excluding hydrogens is 442 g/mol. The summed E-state index contributed by atoms with van der Waals surface area (Å²) in [4.78, 5) is 34.8. The molecule has 174 valence electrons. The van der Waals surface area contributed by atoms with E-state index in [0.29, 0.717) is 22.6 Å². The highest BCUT2D eigenvalue weighted by molar-refractivity contribution is 5.94. The van der Waals surface area contributed by atoms with E-state index in [9.17, 15) is 19.7 Å². The largest absolute Gasteiger partial charge is 0.496 e. The fourth-order valence-electron chi connectivity index (χ4n) is 2.96. The van der Waals surface area contributed by atoms with Gasteiger partial charge in [0.25, 0.3) is 5.69 Å². The van der Waals surface area contributed by atoms with Gasteiger partial charge >= 0.3 is 5.97 Å². The van der Waals surface area contributed by atoms with Crippen LogP contribution in [0.25, 0.3) is 0 Å². The number of nitrogens with zero attached hydrogens (tertiary/aromatic N) is 2. The number of carbonyl (C=O) groups is 2. The molecule has 3 aromatic rings. The van der Waals surface area contributed by atoms with Crippen molar-refractivity contribution in [1.29, 1.82) is 0 Å². The third kappa shape index (κ3) is 6.16. The Hall–Kier alpha value is -4.73. The Morgan fingerprint density at radius 3 is 2.35 bits per heavy atom. The highest BCUT2D eigenvalue weighted by Crippen LogP contribution is 2.29. The quantitative estimate of drug-likeness (QED) is 0.169. The number of benzene rings is 3. The summed E-state index contributed by atoms with van der Waals surface area (Å²) >= 11 is 0. The molecule has 0 saturated carbocycles. The lowest BCUT2D eigenvalue weighted by atomic mass is 10.1. The molecule has 0 aliphatic rings. The van der Waals surface area contributed by atoms with Crippen LogP contribution in [0.3, 0.4) is 0 Å². The molecular formula is C24H21N3O7. The van der Waals surface area contributed by atoms with E-state index in [1.807, 2.05) is 0 Å². The van der Waals surface area contributed by atoms with Gasteiger partial charge in [-0.25, -0.2) is 10.2 Å². The third-order valence-corrected chi connectivity index (χ3v) is 4.63. The number of ether oxygens (including phenoxy) is 3. The molecule has 0 aliphatic carbocycles. The minimum absolute atomic E-state index is 0.0104. The van der Waals surface area contributed by atoms with Gasteiger partial charge in [-0.1, -0.05) is 24.3 Å². The summed E-state index contributed by atoms with van der Waals surface area (Å²) in [6, 6.07) is 17.2. The zero-order valence-corrected chi connectivity index (χ0v) is 18.4. The highest BCUT2D eigenvalue weighted by atomic mass is 16.6. The number of amides is 1. The molecule has 0 saturated heterocycles. The standard InChI is InChI=1S/C24H21N3O7/c1-32-20-6-4-3-5-19(20)24(29)34-21-12-9-17(13-22(21)33-2)15-25-26-23(28)14-16-7-10-18(11-8-16)27(30)31/h3-13,15H,14H2,1-2H3,(H,26,28). The van der Waals surface area contributed by atoms with Crippen molar-refractivity contribution < 1.29 is 28.7 Å². The number of hydrogen-bond acceptors (Lipinski definition) is 8. The molecule has 0 spiro atoms. The van der Waals surface area contributed by atoms with Crippen LogP contribution in [0.5, 0.6) is 17.2 Å². The molecule has 10 heteroatoms. The molecule has 0 radical (unpaired) electrons. The molecule has 1 N–H and O–H groups in total. The summed E-state index contributed by atoms with van der Waals surface area (Å²) < 4.78 is 15.9. The lowest BCUT2D eigenvalue weighted by molar-refractivity contribution is -0.384. The average Bonchev–Trinajstić information content (AvgIpc) is 2.85. The molecule has 0 atom stereocenters. The number of nitrogens with one attached hydrogen (secondary N) is 1. The number of hydrogen-bond donors (Lipinski definition) is 1. The van der Waals surface area contributed by atoms with Crippen LogP contribution >= 0.6 is 0 Å². The van der Waals surface area contributed by atoms with Crippen LogP contribution < -0.4 is 19.6 Å². The Kier molecular flexibility index (Phi) is 7.90. The zero-order chi connectivity index (χ0) is 24.5. The molecule has 0 aromatic heterocycles. The Balaban J connectivity index is 1.61. The van der Waals surface area contributed by atoms with Gasteiger partial charge in [-0.3, -0.25) is 14.9 Å². The van der Waals surface area contributed by atoms with Gasteiger partial charge in [0, 0.05) is 12.1 Å². The number of nitro benzene ring substituents is 1. The van der Waals surface area contributed by atoms with Crippen molar-refractivity contribution in [2.24, 2.45) is 5.10 Å². The number of hydrazone groups is 1. The maximum absolute atomic E-state index is 12.5. The average molecular weight is 463 g/mol. The summed E-state index contributed by atoms with van der Waals surface area (Å²) in [5.41, 5.74) is 3.82. The number of carbonyl (C=O) groups excluding carboxylic acids is 2. The van der Waals surface area contributed by atoms with Crippen LogP contribution in [0.2, 0.25) is 0 Å². The van der Waals surface area contributed by atoms with E-state index < -0.39 is 10.9 Å².